The van der Waals surface area contributed by atoms with Crippen LogP contribution in [0.1, 0.15) is 44.7 Å². The van der Waals surface area contributed by atoms with Crippen LogP contribution in [-0.2, 0) is 4.79 Å². The van der Waals surface area contributed by atoms with Gasteiger partial charge in [-0.3, -0.25) is 19.3 Å². The van der Waals surface area contributed by atoms with Crippen molar-refractivity contribution in [2.45, 2.75) is 26.7 Å². The molecule has 0 radical (unpaired) electrons. The molecule has 0 atom stereocenters. The number of fused-ring (bicyclic) bond motifs is 1. The molecule has 0 bridgehead atoms. The predicted octanol–water partition coefficient (Wildman–Crippen LogP) is 3.34. The number of nitrogens with zero attached hydrogens (tertiary/aromatic N) is 1. The van der Waals surface area contributed by atoms with Gasteiger partial charge in [0, 0.05) is 24.7 Å². The topological polar surface area (TPSA) is 84.9 Å². The average molecular weight is 396 g/mol. The van der Waals surface area contributed by atoms with Crippen LogP contribution >= 0.6 is 0 Å². The number of ether oxygens (including phenoxy) is 2. The molecular formula is C22H24N2O5. The zero-order chi connectivity index (χ0) is 21.1. The Balaban J connectivity index is 1.59. The fraction of sp³-hybridized carbons (Fsp3) is 0.318. The number of benzene rings is 2. The lowest BCUT2D eigenvalue weighted by Gasteiger charge is -2.15. The number of carbonyl (C=O) groups excluding carboxylic acids is 3. The van der Waals surface area contributed by atoms with E-state index in [2.05, 4.69) is 5.32 Å². The Morgan fingerprint density at radius 1 is 0.966 bits per heavy atom. The van der Waals surface area contributed by atoms with E-state index in [-0.39, 0.29) is 30.7 Å². The summed E-state index contributed by atoms with van der Waals surface area (Å²) in [4.78, 5) is 38.5. The maximum atomic E-state index is 12.5. The molecule has 7 heteroatoms. The quantitative estimate of drug-likeness (QED) is 0.726. The minimum atomic E-state index is -0.304. The second-order valence-corrected chi connectivity index (χ2v) is 6.98. The molecule has 3 rings (SSSR count). The first-order chi connectivity index (χ1) is 13.8. The van der Waals surface area contributed by atoms with Gasteiger partial charge < -0.3 is 14.8 Å². The minimum absolute atomic E-state index is 0.181. The first kappa shape index (κ1) is 20.4. The molecule has 0 spiro atoms. The maximum absolute atomic E-state index is 12.5. The van der Waals surface area contributed by atoms with Gasteiger partial charge in [0.1, 0.15) is 0 Å². The fourth-order valence-electron chi connectivity index (χ4n) is 3.33. The van der Waals surface area contributed by atoms with Gasteiger partial charge in [0.05, 0.1) is 25.3 Å². The minimum Gasteiger partial charge on any atom is -0.493 e. The van der Waals surface area contributed by atoms with Crippen LogP contribution in [0.2, 0.25) is 0 Å². The molecule has 1 aliphatic heterocycles. The van der Waals surface area contributed by atoms with E-state index in [1.165, 1.54) is 12.0 Å². The Morgan fingerprint density at radius 3 is 2.31 bits per heavy atom. The van der Waals surface area contributed by atoms with Crippen LogP contribution in [0.5, 0.6) is 11.5 Å². The van der Waals surface area contributed by atoms with Gasteiger partial charge in [0.25, 0.3) is 11.8 Å². The molecule has 0 aliphatic carbocycles. The number of hydrogen-bond donors (Lipinski definition) is 1. The van der Waals surface area contributed by atoms with Gasteiger partial charge in [-0.2, -0.15) is 0 Å². The molecule has 2 aromatic rings. The number of nitrogens with one attached hydrogen (secondary N) is 1. The number of rotatable bonds is 7. The zero-order valence-electron chi connectivity index (χ0n) is 17.0. The van der Waals surface area contributed by atoms with Crippen LogP contribution in [0.15, 0.2) is 30.3 Å². The number of methoxy groups -OCH3 is 2. The second kappa shape index (κ2) is 8.34. The molecule has 1 heterocycles. The highest BCUT2D eigenvalue weighted by Crippen LogP contribution is 2.33. The number of amides is 3. The van der Waals surface area contributed by atoms with Crippen LogP contribution in [0.3, 0.4) is 0 Å². The number of carbonyl (C=O) groups is 3. The molecular weight excluding hydrogens is 372 g/mol. The van der Waals surface area contributed by atoms with E-state index >= 15 is 0 Å². The third kappa shape index (κ3) is 4.08. The Bertz CT molecular complexity index is 983. The van der Waals surface area contributed by atoms with Crippen LogP contribution in [-0.4, -0.2) is 43.4 Å². The van der Waals surface area contributed by atoms with Crippen LogP contribution in [0.25, 0.3) is 0 Å². The average Bonchev–Trinajstić information content (AvgIpc) is 2.93. The van der Waals surface area contributed by atoms with E-state index in [1.54, 1.807) is 31.4 Å². The Morgan fingerprint density at radius 2 is 1.62 bits per heavy atom. The lowest BCUT2D eigenvalue weighted by Crippen LogP contribution is -2.31. The van der Waals surface area contributed by atoms with Gasteiger partial charge in [-0.05, 0) is 44.0 Å². The van der Waals surface area contributed by atoms with Gasteiger partial charge in [-0.15, -0.1) is 0 Å². The normalized spacial score (nSPS) is 12.8. The van der Waals surface area contributed by atoms with Crippen molar-refractivity contribution in [2.75, 3.05) is 26.1 Å². The fourth-order valence-corrected chi connectivity index (χ4v) is 3.33. The van der Waals surface area contributed by atoms with Gasteiger partial charge in [-0.25, -0.2) is 0 Å². The molecule has 0 unspecified atom stereocenters. The summed E-state index contributed by atoms with van der Waals surface area (Å²) in [6.07, 6.45) is 0.558. The van der Waals surface area contributed by atoms with Crippen molar-refractivity contribution >= 4 is 23.4 Å². The van der Waals surface area contributed by atoms with E-state index in [4.69, 9.17) is 9.47 Å². The third-order valence-corrected chi connectivity index (χ3v) is 4.92. The lowest BCUT2D eigenvalue weighted by molar-refractivity contribution is -0.116. The summed E-state index contributed by atoms with van der Waals surface area (Å²) >= 11 is 0. The van der Waals surface area contributed by atoms with Crippen molar-refractivity contribution in [1.82, 2.24) is 4.90 Å². The van der Waals surface area contributed by atoms with Crippen molar-refractivity contribution < 1.29 is 23.9 Å². The van der Waals surface area contributed by atoms with Crippen LogP contribution in [0, 0.1) is 13.8 Å². The van der Waals surface area contributed by atoms with Crippen molar-refractivity contribution in [3.63, 3.8) is 0 Å². The molecule has 3 amide bonds. The van der Waals surface area contributed by atoms with Crippen molar-refractivity contribution in [2.24, 2.45) is 0 Å². The summed E-state index contributed by atoms with van der Waals surface area (Å²) < 4.78 is 10.5. The molecule has 2 aromatic carbocycles. The maximum Gasteiger partial charge on any atom is 0.261 e. The number of imide groups is 1. The van der Waals surface area contributed by atoms with Gasteiger partial charge in [-0.1, -0.05) is 11.6 Å². The first-order valence-electron chi connectivity index (χ1n) is 9.35. The van der Waals surface area contributed by atoms with Crippen molar-refractivity contribution in [1.29, 1.82) is 0 Å². The molecule has 0 saturated carbocycles. The SMILES string of the molecule is COc1cc(C)c(NC(=O)CCCN2C(=O)c3ccc(C)cc3C2=O)cc1OC. The zero-order valence-corrected chi connectivity index (χ0v) is 17.0. The number of hydrogen-bond acceptors (Lipinski definition) is 5. The highest BCUT2D eigenvalue weighted by molar-refractivity contribution is 6.21. The molecule has 0 saturated heterocycles. The summed E-state index contributed by atoms with van der Waals surface area (Å²) in [5.74, 6) is 0.303. The molecule has 0 aromatic heterocycles. The highest BCUT2D eigenvalue weighted by atomic mass is 16.5. The molecule has 0 fully saturated rings. The predicted molar refractivity (Wildman–Crippen MR) is 109 cm³/mol. The van der Waals surface area contributed by atoms with Crippen molar-refractivity contribution in [3.05, 3.63) is 52.6 Å². The Hall–Kier alpha value is -3.35. The molecule has 7 nitrogen and oxygen atoms in total. The van der Waals surface area contributed by atoms with Crippen LogP contribution in [0.4, 0.5) is 5.69 Å². The highest BCUT2D eigenvalue weighted by Gasteiger charge is 2.34. The largest absolute Gasteiger partial charge is 0.493 e. The van der Waals surface area contributed by atoms with E-state index in [0.29, 0.717) is 34.7 Å². The second-order valence-electron chi connectivity index (χ2n) is 6.98. The van der Waals surface area contributed by atoms with Gasteiger partial charge in [0.2, 0.25) is 5.91 Å². The monoisotopic (exact) mass is 396 g/mol. The third-order valence-electron chi connectivity index (χ3n) is 4.92. The number of anilines is 1. The van der Waals surface area contributed by atoms with E-state index in [9.17, 15) is 14.4 Å². The summed E-state index contributed by atoms with van der Waals surface area (Å²) in [7, 11) is 3.08. The summed E-state index contributed by atoms with van der Waals surface area (Å²) in [6.45, 7) is 3.93. The molecule has 152 valence electrons. The summed E-state index contributed by atoms with van der Waals surface area (Å²) in [5.41, 5.74) is 3.25. The summed E-state index contributed by atoms with van der Waals surface area (Å²) in [5, 5.41) is 2.85. The Kier molecular flexibility index (Phi) is 5.87. The number of aryl methyl sites for hydroxylation is 2. The summed E-state index contributed by atoms with van der Waals surface area (Å²) in [6, 6.07) is 8.71. The van der Waals surface area contributed by atoms with E-state index < -0.39 is 0 Å². The standard InChI is InChI=1S/C22H24N2O5/c1-13-7-8-15-16(10-13)22(27)24(21(15)26)9-5-6-20(25)23-17-12-19(29-4)18(28-3)11-14(17)2/h7-8,10-12H,5-6,9H2,1-4H3,(H,23,25). The van der Waals surface area contributed by atoms with E-state index in [1.807, 2.05) is 19.9 Å². The molecule has 1 N–H and O–H groups in total. The lowest BCUT2D eigenvalue weighted by atomic mass is 10.1. The van der Waals surface area contributed by atoms with Crippen molar-refractivity contribution in [3.8, 4) is 11.5 Å². The van der Waals surface area contributed by atoms with Gasteiger partial charge >= 0.3 is 0 Å². The van der Waals surface area contributed by atoms with Crippen LogP contribution < -0.4 is 14.8 Å². The smallest absolute Gasteiger partial charge is 0.261 e. The Labute approximate surface area is 169 Å². The molecule has 1 aliphatic rings. The van der Waals surface area contributed by atoms with Gasteiger partial charge in [0.15, 0.2) is 11.5 Å². The molecule has 29 heavy (non-hydrogen) atoms. The van der Waals surface area contributed by atoms with E-state index in [0.717, 1.165) is 11.1 Å². The first-order valence-corrected chi connectivity index (χ1v) is 9.35.